The number of carboxylic acids is 1. The summed E-state index contributed by atoms with van der Waals surface area (Å²) >= 11 is 0. The lowest BCUT2D eigenvalue weighted by atomic mass is 10.0. The van der Waals surface area contributed by atoms with E-state index in [-0.39, 0.29) is 18.4 Å². The van der Waals surface area contributed by atoms with Gasteiger partial charge in [0, 0.05) is 0 Å². The molecule has 3 N–H and O–H groups in total. The third-order valence-corrected chi connectivity index (χ3v) is 3.36. The predicted molar refractivity (Wildman–Crippen MR) is 78.3 cm³/mol. The van der Waals surface area contributed by atoms with Crippen molar-refractivity contribution in [3.63, 3.8) is 0 Å². The van der Waals surface area contributed by atoms with E-state index in [1.54, 1.807) is 24.3 Å². The van der Waals surface area contributed by atoms with Crippen LogP contribution < -0.4 is 15.4 Å². The van der Waals surface area contributed by atoms with Crippen LogP contribution in [-0.2, 0) is 9.59 Å². The molecule has 0 saturated heterocycles. The molecule has 0 saturated carbocycles. The summed E-state index contributed by atoms with van der Waals surface area (Å²) in [6, 6.07) is 6.24. The molecular formula is C15H20N2O4. The largest absolute Gasteiger partial charge is 0.478 e. The molecule has 1 aromatic carbocycles. The van der Waals surface area contributed by atoms with Crippen LogP contribution in [0.2, 0.25) is 0 Å². The fraction of sp³-hybridized carbons (Fsp3) is 0.467. The molecule has 2 atom stereocenters. The first-order valence-electron chi connectivity index (χ1n) is 6.95. The van der Waals surface area contributed by atoms with Crippen molar-refractivity contribution < 1.29 is 19.4 Å². The Morgan fingerprint density at radius 2 is 2.10 bits per heavy atom. The molecule has 0 spiro atoms. The molecule has 0 aliphatic carbocycles. The fourth-order valence-corrected chi connectivity index (χ4v) is 2.38. The van der Waals surface area contributed by atoms with E-state index in [0.29, 0.717) is 17.9 Å². The van der Waals surface area contributed by atoms with E-state index in [9.17, 15) is 9.59 Å². The van der Waals surface area contributed by atoms with E-state index in [4.69, 9.17) is 15.6 Å². The molecular weight excluding hydrogens is 272 g/mol. The Balaban J connectivity index is 2.28. The number of carbonyl (C=O) groups excluding carboxylic acids is 1. The van der Waals surface area contributed by atoms with Crippen LogP contribution in [0.4, 0.5) is 5.69 Å². The number of fused-ring (bicyclic) bond motifs is 1. The van der Waals surface area contributed by atoms with Gasteiger partial charge in [-0.3, -0.25) is 4.79 Å². The van der Waals surface area contributed by atoms with Crippen molar-refractivity contribution in [2.75, 3.05) is 11.4 Å². The van der Waals surface area contributed by atoms with Crippen LogP contribution in [0.3, 0.4) is 0 Å². The van der Waals surface area contributed by atoms with Gasteiger partial charge in [-0.05, 0) is 24.5 Å². The number of carboxylic acid groups (broad SMARTS) is 1. The monoisotopic (exact) mass is 292 g/mol. The van der Waals surface area contributed by atoms with Gasteiger partial charge in [0.05, 0.1) is 18.3 Å². The highest BCUT2D eigenvalue weighted by molar-refractivity contribution is 5.99. The van der Waals surface area contributed by atoms with E-state index < -0.39 is 18.1 Å². The maximum Gasteiger partial charge on any atom is 0.346 e. The van der Waals surface area contributed by atoms with Crippen molar-refractivity contribution in [3.8, 4) is 5.75 Å². The van der Waals surface area contributed by atoms with Gasteiger partial charge in [0.2, 0.25) is 12.0 Å². The third kappa shape index (κ3) is 3.33. The quantitative estimate of drug-likeness (QED) is 0.871. The number of benzene rings is 1. The molecule has 6 nitrogen and oxygen atoms in total. The minimum atomic E-state index is -1.10. The Morgan fingerprint density at radius 1 is 1.43 bits per heavy atom. The van der Waals surface area contributed by atoms with Gasteiger partial charge in [-0.15, -0.1) is 0 Å². The van der Waals surface area contributed by atoms with Gasteiger partial charge in [0.15, 0.2) is 0 Å². The predicted octanol–water partition coefficient (Wildman–Crippen LogP) is 1.24. The van der Waals surface area contributed by atoms with Crippen molar-refractivity contribution in [2.45, 2.75) is 32.4 Å². The molecule has 21 heavy (non-hydrogen) atoms. The first-order valence-corrected chi connectivity index (χ1v) is 6.95. The van der Waals surface area contributed by atoms with Crippen molar-refractivity contribution in [3.05, 3.63) is 24.3 Å². The molecule has 1 aliphatic rings. The van der Waals surface area contributed by atoms with E-state index in [2.05, 4.69) is 0 Å². The SMILES string of the molecule is CC(C)CC(N)C(=O)N1CC(C(=O)O)Oc2ccccc21. The molecule has 0 aromatic heterocycles. The van der Waals surface area contributed by atoms with Gasteiger partial charge in [0.1, 0.15) is 5.75 Å². The number of hydrogen-bond donors (Lipinski definition) is 2. The number of anilines is 1. The second-order valence-corrected chi connectivity index (χ2v) is 5.60. The molecule has 2 rings (SSSR count). The van der Waals surface area contributed by atoms with E-state index >= 15 is 0 Å². The summed E-state index contributed by atoms with van der Waals surface area (Å²) in [7, 11) is 0. The van der Waals surface area contributed by atoms with Gasteiger partial charge in [-0.1, -0.05) is 26.0 Å². The highest BCUT2D eigenvalue weighted by Gasteiger charge is 2.35. The summed E-state index contributed by atoms with van der Waals surface area (Å²) in [6.45, 7) is 3.94. The number of carbonyl (C=O) groups is 2. The topological polar surface area (TPSA) is 92.9 Å². The maximum absolute atomic E-state index is 12.5. The van der Waals surface area contributed by atoms with Crippen LogP contribution in [-0.4, -0.2) is 35.7 Å². The Morgan fingerprint density at radius 3 is 2.71 bits per heavy atom. The molecule has 2 unspecified atom stereocenters. The summed E-state index contributed by atoms with van der Waals surface area (Å²) in [6.07, 6.45) is -0.522. The smallest absolute Gasteiger partial charge is 0.346 e. The summed E-state index contributed by atoms with van der Waals surface area (Å²) in [5.74, 6) is -0.692. The van der Waals surface area contributed by atoms with E-state index in [1.165, 1.54) is 4.90 Å². The van der Waals surface area contributed by atoms with E-state index in [0.717, 1.165) is 0 Å². The Kier molecular flexibility index (Phi) is 4.47. The van der Waals surface area contributed by atoms with Gasteiger partial charge in [-0.2, -0.15) is 0 Å². The summed E-state index contributed by atoms with van der Waals surface area (Å²) < 4.78 is 5.40. The number of ether oxygens (including phenoxy) is 1. The number of hydrogen-bond acceptors (Lipinski definition) is 4. The lowest BCUT2D eigenvalue weighted by Crippen LogP contribution is -2.52. The van der Waals surface area contributed by atoms with Crippen molar-refractivity contribution in [1.82, 2.24) is 0 Å². The number of amides is 1. The zero-order valence-electron chi connectivity index (χ0n) is 12.2. The normalized spacial score (nSPS) is 18.9. The lowest BCUT2D eigenvalue weighted by Gasteiger charge is -2.34. The second-order valence-electron chi connectivity index (χ2n) is 5.60. The van der Waals surface area contributed by atoms with Crippen molar-refractivity contribution >= 4 is 17.6 Å². The average molecular weight is 292 g/mol. The van der Waals surface area contributed by atoms with Crippen molar-refractivity contribution in [1.29, 1.82) is 0 Å². The molecule has 1 heterocycles. The van der Waals surface area contributed by atoms with Gasteiger partial charge in [0.25, 0.3) is 0 Å². The zero-order chi connectivity index (χ0) is 15.6. The van der Waals surface area contributed by atoms with Crippen LogP contribution in [0.1, 0.15) is 20.3 Å². The molecule has 6 heteroatoms. The first-order chi connectivity index (χ1) is 9.90. The number of nitrogens with zero attached hydrogens (tertiary/aromatic N) is 1. The number of rotatable bonds is 4. The van der Waals surface area contributed by atoms with Crippen LogP contribution in [0, 0.1) is 5.92 Å². The second kappa shape index (κ2) is 6.13. The molecule has 0 fully saturated rings. The van der Waals surface area contributed by atoms with Gasteiger partial charge < -0.3 is 20.5 Å². The van der Waals surface area contributed by atoms with E-state index in [1.807, 2.05) is 13.8 Å². The van der Waals surface area contributed by atoms with Crippen molar-refractivity contribution in [2.24, 2.45) is 11.7 Å². The Labute approximate surface area is 123 Å². The number of aliphatic carboxylic acids is 1. The Bertz CT molecular complexity index is 544. The maximum atomic E-state index is 12.5. The molecule has 1 aromatic rings. The molecule has 0 radical (unpaired) electrons. The minimum Gasteiger partial charge on any atom is -0.478 e. The Hall–Kier alpha value is -2.08. The van der Waals surface area contributed by atoms with Gasteiger partial charge >= 0.3 is 5.97 Å². The molecule has 1 aliphatic heterocycles. The van der Waals surface area contributed by atoms with Crippen LogP contribution in [0.25, 0.3) is 0 Å². The minimum absolute atomic E-state index is 0.0308. The lowest BCUT2D eigenvalue weighted by molar-refractivity contribution is -0.145. The van der Waals surface area contributed by atoms with Crippen LogP contribution in [0.15, 0.2) is 24.3 Å². The summed E-state index contributed by atoms with van der Waals surface area (Å²) in [5.41, 5.74) is 6.52. The zero-order valence-corrected chi connectivity index (χ0v) is 12.2. The van der Waals surface area contributed by atoms with Crippen LogP contribution in [0.5, 0.6) is 5.75 Å². The highest BCUT2D eigenvalue weighted by Crippen LogP contribution is 2.33. The average Bonchev–Trinajstić information content (AvgIpc) is 2.44. The number of nitrogens with two attached hydrogens (primary N) is 1. The molecule has 0 bridgehead atoms. The number of para-hydroxylation sites is 2. The summed E-state index contributed by atoms with van der Waals surface area (Å²) in [4.78, 5) is 25.1. The first kappa shape index (κ1) is 15.3. The standard InChI is InChI=1S/C15H20N2O4/c1-9(2)7-10(16)14(18)17-8-13(15(19)20)21-12-6-4-3-5-11(12)17/h3-6,9-10,13H,7-8,16H2,1-2H3,(H,19,20). The molecule has 1 amide bonds. The fourth-order valence-electron chi connectivity index (χ4n) is 2.38. The molecule has 114 valence electrons. The summed E-state index contributed by atoms with van der Waals surface area (Å²) in [5, 5.41) is 9.15. The van der Waals surface area contributed by atoms with Gasteiger partial charge in [-0.25, -0.2) is 4.79 Å². The van der Waals surface area contributed by atoms with Crippen LogP contribution >= 0.6 is 0 Å². The highest BCUT2D eigenvalue weighted by atomic mass is 16.5. The third-order valence-electron chi connectivity index (χ3n) is 3.36.